The van der Waals surface area contributed by atoms with Gasteiger partial charge in [-0.1, -0.05) is 54.3 Å². The van der Waals surface area contributed by atoms with E-state index in [4.69, 9.17) is 29.0 Å². The lowest BCUT2D eigenvalue weighted by molar-refractivity contribution is -0.138. The van der Waals surface area contributed by atoms with E-state index >= 15 is 0 Å². The first kappa shape index (κ1) is 31.3. The fraction of sp³-hybridized carbons (Fsp3) is 0.167. The molecule has 6 rings (SSSR count). The number of nitrogens with zero attached hydrogens (tertiary/aromatic N) is 4. The number of aromatic nitrogens is 3. The molecule has 3 heterocycles. The van der Waals surface area contributed by atoms with Gasteiger partial charge in [-0.25, -0.2) is 14.5 Å². The Morgan fingerprint density at radius 1 is 0.979 bits per heavy atom. The summed E-state index contributed by atoms with van der Waals surface area (Å²) in [7, 11) is 4.74. The van der Waals surface area contributed by atoms with Crippen LogP contribution >= 0.6 is 11.3 Å². The van der Waals surface area contributed by atoms with Crippen LogP contribution < -0.4 is 29.1 Å². The Hall–Kier alpha value is -5.68. The molecule has 0 spiro atoms. The van der Waals surface area contributed by atoms with Crippen LogP contribution in [0.3, 0.4) is 0 Å². The molecule has 1 aliphatic rings. The minimum Gasteiger partial charge on any atom is -0.497 e. The lowest BCUT2D eigenvalue weighted by Gasteiger charge is -2.24. The number of hydrogen-bond donors (Lipinski definition) is 0. The summed E-state index contributed by atoms with van der Waals surface area (Å²) in [5, 5.41) is 4.92. The van der Waals surface area contributed by atoms with Gasteiger partial charge >= 0.3 is 5.97 Å². The van der Waals surface area contributed by atoms with Crippen LogP contribution in [0.1, 0.15) is 24.1 Å². The van der Waals surface area contributed by atoms with Gasteiger partial charge in [0.25, 0.3) is 5.56 Å². The second kappa shape index (κ2) is 13.4. The Kier molecular flexibility index (Phi) is 8.90. The first-order valence-electron chi connectivity index (χ1n) is 14.7. The van der Waals surface area contributed by atoms with Crippen LogP contribution in [0.5, 0.6) is 17.2 Å². The Labute approximate surface area is 274 Å². The van der Waals surface area contributed by atoms with Crippen LogP contribution in [0.15, 0.2) is 113 Å². The molecule has 1 unspecified atom stereocenters. The Morgan fingerprint density at radius 3 is 2.40 bits per heavy atom. The maximum absolute atomic E-state index is 14.3. The number of hydrogen-bond acceptors (Lipinski definition) is 9. The van der Waals surface area contributed by atoms with Crippen molar-refractivity contribution >= 4 is 23.4 Å². The lowest BCUT2D eigenvalue weighted by Crippen LogP contribution is -2.39. The Balaban J connectivity index is 1.55. The van der Waals surface area contributed by atoms with Crippen molar-refractivity contribution in [2.45, 2.75) is 13.0 Å². The smallest absolute Gasteiger partial charge is 0.338 e. The molecule has 10 nitrogen and oxygen atoms in total. The largest absolute Gasteiger partial charge is 0.497 e. The molecule has 0 N–H and O–H groups in total. The van der Waals surface area contributed by atoms with Crippen LogP contribution in [0, 0.1) is 0 Å². The average Bonchev–Trinajstić information content (AvgIpc) is 3.66. The number of benzene rings is 3. The molecule has 1 aliphatic heterocycles. The summed E-state index contributed by atoms with van der Waals surface area (Å²) in [6.45, 7) is 5.42. The fourth-order valence-corrected chi connectivity index (χ4v) is 6.49. The van der Waals surface area contributed by atoms with Crippen molar-refractivity contribution in [3.63, 3.8) is 0 Å². The molecular formula is C36H32N4O6S. The van der Waals surface area contributed by atoms with Crippen molar-refractivity contribution in [3.8, 4) is 34.2 Å². The number of carbonyl (C=O) groups is 1. The third kappa shape index (κ3) is 6.00. The molecule has 0 amide bonds. The Bertz CT molecular complexity index is 2180. The molecule has 2 aromatic heterocycles. The van der Waals surface area contributed by atoms with Crippen molar-refractivity contribution in [2.75, 3.05) is 27.9 Å². The van der Waals surface area contributed by atoms with Crippen LogP contribution in [0.4, 0.5) is 0 Å². The van der Waals surface area contributed by atoms with Crippen LogP contribution in [-0.2, 0) is 9.53 Å². The first-order valence-corrected chi connectivity index (χ1v) is 15.5. The molecule has 5 aromatic rings. The molecular weight excluding hydrogens is 616 g/mol. The van der Waals surface area contributed by atoms with Gasteiger partial charge in [-0.05, 0) is 61.0 Å². The molecule has 0 radical (unpaired) electrons. The van der Waals surface area contributed by atoms with Crippen molar-refractivity contribution in [1.82, 2.24) is 14.3 Å². The summed E-state index contributed by atoms with van der Waals surface area (Å²) in [6, 6.07) is 21.8. The SMILES string of the molecule is C=CCOC(=O)C1=C(C)N=c2sc(=Cc3cn(-c4ccccc4)nc3-c3ccc(OC)c(OC)c3)c(=O)n2C1c1ccc(OC)cc1. The Morgan fingerprint density at radius 2 is 1.72 bits per heavy atom. The molecule has 0 aliphatic carbocycles. The number of thiazole rings is 1. The van der Waals surface area contributed by atoms with E-state index in [0.717, 1.165) is 11.3 Å². The first-order chi connectivity index (χ1) is 22.9. The van der Waals surface area contributed by atoms with E-state index < -0.39 is 12.0 Å². The van der Waals surface area contributed by atoms with Crippen molar-refractivity contribution in [2.24, 2.45) is 4.99 Å². The molecule has 1 atom stereocenters. The maximum atomic E-state index is 14.3. The van der Waals surface area contributed by atoms with Crippen LogP contribution in [-0.4, -0.2) is 48.3 Å². The summed E-state index contributed by atoms with van der Waals surface area (Å²) in [5.41, 5.74) is 4.12. The third-order valence-electron chi connectivity index (χ3n) is 7.71. The van der Waals surface area contributed by atoms with Gasteiger partial charge in [-0.2, -0.15) is 5.10 Å². The van der Waals surface area contributed by atoms with Crippen LogP contribution in [0.2, 0.25) is 0 Å². The molecule has 11 heteroatoms. The molecule has 238 valence electrons. The van der Waals surface area contributed by atoms with E-state index in [-0.39, 0.29) is 17.7 Å². The summed E-state index contributed by atoms with van der Waals surface area (Å²) < 4.78 is 25.6. The zero-order chi connectivity index (χ0) is 33.1. The van der Waals surface area contributed by atoms with Gasteiger partial charge in [0.2, 0.25) is 0 Å². The fourth-order valence-electron chi connectivity index (χ4n) is 5.45. The quantitative estimate of drug-likeness (QED) is 0.158. The highest BCUT2D eigenvalue weighted by Crippen LogP contribution is 2.34. The topological polar surface area (TPSA) is 106 Å². The lowest BCUT2D eigenvalue weighted by atomic mass is 9.96. The maximum Gasteiger partial charge on any atom is 0.338 e. The number of carbonyl (C=O) groups excluding carboxylic acids is 1. The second-order valence-corrected chi connectivity index (χ2v) is 11.5. The van der Waals surface area contributed by atoms with Gasteiger partial charge in [0.1, 0.15) is 18.1 Å². The van der Waals surface area contributed by atoms with E-state index in [1.54, 1.807) is 49.6 Å². The summed E-state index contributed by atoms with van der Waals surface area (Å²) >= 11 is 1.24. The van der Waals surface area contributed by atoms with E-state index in [9.17, 15) is 9.59 Å². The van der Waals surface area contributed by atoms with Crippen molar-refractivity contribution < 1.29 is 23.7 Å². The molecule has 0 bridgehead atoms. The number of allylic oxidation sites excluding steroid dienone is 1. The highest BCUT2D eigenvalue weighted by atomic mass is 32.1. The number of para-hydroxylation sites is 1. The summed E-state index contributed by atoms with van der Waals surface area (Å²) in [4.78, 5) is 32.9. The van der Waals surface area contributed by atoms with Crippen molar-refractivity contribution in [3.05, 3.63) is 134 Å². The number of methoxy groups -OCH3 is 3. The van der Waals surface area contributed by atoms with Gasteiger partial charge in [0.05, 0.1) is 48.9 Å². The molecule has 0 saturated carbocycles. The van der Waals surface area contributed by atoms with E-state index in [0.29, 0.717) is 49.1 Å². The zero-order valence-electron chi connectivity index (χ0n) is 26.3. The van der Waals surface area contributed by atoms with Gasteiger partial charge in [-0.3, -0.25) is 9.36 Å². The molecule has 0 fully saturated rings. The van der Waals surface area contributed by atoms with E-state index in [1.165, 1.54) is 17.4 Å². The molecule has 3 aromatic carbocycles. The summed E-state index contributed by atoms with van der Waals surface area (Å²) in [6.07, 6.45) is 5.18. The number of ether oxygens (including phenoxy) is 4. The second-order valence-electron chi connectivity index (χ2n) is 10.5. The third-order valence-corrected chi connectivity index (χ3v) is 8.70. The van der Waals surface area contributed by atoms with Gasteiger partial charge < -0.3 is 18.9 Å². The molecule has 0 saturated heterocycles. The van der Waals surface area contributed by atoms with Gasteiger partial charge in [0.15, 0.2) is 16.3 Å². The van der Waals surface area contributed by atoms with Crippen LogP contribution in [0.25, 0.3) is 23.0 Å². The number of fused-ring (bicyclic) bond motifs is 1. The summed E-state index contributed by atoms with van der Waals surface area (Å²) in [5.74, 6) is 1.22. The standard InChI is InChI=1S/C36H32N4O6S/c1-6-18-46-35(42)31-22(2)37-36-40(33(31)23-12-15-27(43-3)16-13-23)34(41)30(47-36)20-25-21-39(26-10-8-7-9-11-26)38-32(25)24-14-17-28(44-4)29(19-24)45-5/h6-17,19-21,33H,1,18H2,2-5H3. The highest BCUT2D eigenvalue weighted by molar-refractivity contribution is 7.07. The predicted molar refractivity (Wildman–Crippen MR) is 180 cm³/mol. The van der Waals surface area contributed by atoms with Crippen molar-refractivity contribution in [1.29, 1.82) is 0 Å². The average molecular weight is 649 g/mol. The van der Waals surface area contributed by atoms with E-state index in [1.807, 2.05) is 72.9 Å². The highest BCUT2D eigenvalue weighted by Gasteiger charge is 2.33. The normalized spacial score (nSPS) is 14.3. The predicted octanol–water partition coefficient (Wildman–Crippen LogP) is 4.84. The van der Waals surface area contributed by atoms with E-state index in [2.05, 4.69) is 6.58 Å². The zero-order valence-corrected chi connectivity index (χ0v) is 27.1. The van der Waals surface area contributed by atoms with Gasteiger partial charge in [-0.15, -0.1) is 0 Å². The van der Waals surface area contributed by atoms with Gasteiger partial charge in [0, 0.05) is 17.3 Å². The monoisotopic (exact) mass is 648 g/mol. The number of rotatable bonds is 10. The minimum atomic E-state index is -0.769. The number of esters is 1. The molecule has 47 heavy (non-hydrogen) atoms. The minimum absolute atomic E-state index is 0.0275.